The number of para-hydroxylation sites is 1. The summed E-state index contributed by atoms with van der Waals surface area (Å²) in [6, 6.07) is 17.0. The van der Waals surface area contributed by atoms with Gasteiger partial charge in [0.2, 0.25) is 5.91 Å². The average Bonchev–Trinajstić information content (AvgIpc) is 3.23. The summed E-state index contributed by atoms with van der Waals surface area (Å²) in [5, 5.41) is 2.85. The predicted octanol–water partition coefficient (Wildman–Crippen LogP) is 3.27. The van der Waals surface area contributed by atoms with E-state index in [1.165, 1.54) is 4.57 Å². The maximum Gasteiger partial charge on any atom is 0.333 e. The molecule has 0 saturated heterocycles. The second kappa shape index (κ2) is 9.91. The molecule has 0 spiro atoms. The first kappa shape index (κ1) is 23.2. The second-order valence-corrected chi connectivity index (χ2v) is 8.77. The van der Waals surface area contributed by atoms with E-state index in [0.29, 0.717) is 23.4 Å². The zero-order valence-electron chi connectivity index (χ0n) is 19.7. The Balaban J connectivity index is 1.79. The third-order valence-corrected chi connectivity index (χ3v) is 5.70. The molecule has 0 aliphatic carbocycles. The third-order valence-electron chi connectivity index (χ3n) is 5.70. The van der Waals surface area contributed by atoms with Gasteiger partial charge in [-0.2, -0.15) is 0 Å². The molecule has 1 amide bonds. The smallest absolute Gasteiger partial charge is 0.324 e. The Morgan fingerprint density at radius 1 is 1.00 bits per heavy atom. The standard InChI is InChI=1S/C26H29N5O3/c1-4-20-12-8-9-13-21(20)28-22(32)16-31-25(33)23-24(27-17-29(23)14-18(2)3)30(26(31)34)15-19-10-6-5-7-11-19/h5-13,17-18H,4,14-16H2,1-3H3,(H,28,32). The minimum Gasteiger partial charge on any atom is -0.324 e. The molecule has 0 unspecified atom stereocenters. The van der Waals surface area contributed by atoms with E-state index in [9.17, 15) is 14.4 Å². The Morgan fingerprint density at radius 3 is 2.41 bits per heavy atom. The lowest BCUT2D eigenvalue weighted by Gasteiger charge is -2.14. The number of rotatable bonds is 8. The van der Waals surface area contributed by atoms with Crippen LogP contribution in [0.3, 0.4) is 0 Å². The number of fused-ring (bicyclic) bond motifs is 1. The first-order chi connectivity index (χ1) is 16.4. The molecule has 0 bridgehead atoms. The van der Waals surface area contributed by atoms with Gasteiger partial charge in [-0.15, -0.1) is 0 Å². The summed E-state index contributed by atoms with van der Waals surface area (Å²) >= 11 is 0. The van der Waals surface area contributed by atoms with Crippen LogP contribution < -0.4 is 16.6 Å². The number of amides is 1. The van der Waals surface area contributed by atoms with Crippen LogP contribution in [-0.2, 0) is 30.8 Å². The van der Waals surface area contributed by atoms with Crippen LogP contribution in [-0.4, -0.2) is 24.6 Å². The van der Waals surface area contributed by atoms with Gasteiger partial charge < -0.3 is 9.88 Å². The molecule has 2 heterocycles. The lowest BCUT2D eigenvalue weighted by atomic mass is 10.1. The van der Waals surface area contributed by atoms with Crippen molar-refractivity contribution in [1.82, 2.24) is 18.7 Å². The topological polar surface area (TPSA) is 90.9 Å². The van der Waals surface area contributed by atoms with E-state index in [-0.39, 0.29) is 19.0 Å². The van der Waals surface area contributed by atoms with Crippen LogP contribution in [0.2, 0.25) is 0 Å². The fraction of sp³-hybridized carbons (Fsp3) is 0.308. The van der Waals surface area contributed by atoms with E-state index in [1.54, 1.807) is 10.9 Å². The van der Waals surface area contributed by atoms with E-state index >= 15 is 0 Å². The molecule has 0 fully saturated rings. The molecule has 4 aromatic rings. The number of aryl methyl sites for hydroxylation is 1. The molecule has 1 N–H and O–H groups in total. The molecular formula is C26H29N5O3. The van der Waals surface area contributed by atoms with Crippen molar-refractivity contribution in [2.45, 2.75) is 46.8 Å². The first-order valence-electron chi connectivity index (χ1n) is 11.5. The molecule has 34 heavy (non-hydrogen) atoms. The molecule has 2 aromatic carbocycles. The lowest BCUT2D eigenvalue weighted by molar-refractivity contribution is -0.116. The maximum absolute atomic E-state index is 13.4. The molecule has 0 aliphatic rings. The molecular weight excluding hydrogens is 430 g/mol. The average molecular weight is 460 g/mol. The molecule has 8 heteroatoms. The summed E-state index contributed by atoms with van der Waals surface area (Å²) in [7, 11) is 0. The number of benzene rings is 2. The highest BCUT2D eigenvalue weighted by Crippen LogP contribution is 2.16. The highest BCUT2D eigenvalue weighted by atomic mass is 16.2. The molecule has 0 saturated carbocycles. The summed E-state index contributed by atoms with van der Waals surface area (Å²) in [6.07, 6.45) is 2.34. The second-order valence-electron chi connectivity index (χ2n) is 8.77. The van der Waals surface area contributed by atoms with E-state index in [0.717, 1.165) is 22.1 Å². The number of aromatic nitrogens is 4. The van der Waals surface area contributed by atoms with Crippen molar-refractivity contribution in [3.63, 3.8) is 0 Å². The predicted molar refractivity (Wildman–Crippen MR) is 133 cm³/mol. The number of carbonyl (C=O) groups is 1. The number of hydrogen-bond acceptors (Lipinski definition) is 4. The Bertz CT molecular complexity index is 1430. The van der Waals surface area contributed by atoms with Gasteiger partial charge in [-0.05, 0) is 29.5 Å². The van der Waals surface area contributed by atoms with Gasteiger partial charge in [0.25, 0.3) is 5.56 Å². The largest absolute Gasteiger partial charge is 0.333 e. The van der Waals surface area contributed by atoms with Crippen molar-refractivity contribution in [3.05, 3.63) is 92.9 Å². The van der Waals surface area contributed by atoms with Gasteiger partial charge in [0, 0.05) is 12.2 Å². The molecule has 0 aliphatic heterocycles. The quantitative estimate of drug-likeness (QED) is 0.438. The Hall–Kier alpha value is -3.94. The van der Waals surface area contributed by atoms with Crippen molar-refractivity contribution in [3.8, 4) is 0 Å². The van der Waals surface area contributed by atoms with Crippen LogP contribution in [0.4, 0.5) is 5.69 Å². The first-order valence-corrected chi connectivity index (χ1v) is 11.5. The molecule has 8 nitrogen and oxygen atoms in total. The van der Waals surface area contributed by atoms with E-state index in [1.807, 2.05) is 75.4 Å². The fourth-order valence-electron chi connectivity index (χ4n) is 4.10. The van der Waals surface area contributed by atoms with Crippen LogP contribution in [0.25, 0.3) is 11.2 Å². The van der Waals surface area contributed by atoms with Crippen molar-refractivity contribution >= 4 is 22.8 Å². The molecule has 176 valence electrons. The maximum atomic E-state index is 13.4. The lowest BCUT2D eigenvalue weighted by Crippen LogP contribution is -2.43. The Kier molecular flexibility index (Phi) is 6.77. The van der Waals surface area contributed by atoms with Crippen LogP contribution in [0, 0.1) is 5.92 Å². The molecule has 0 atom stereocenters. The molecule has 2 aromatic heterocycles. The van der Waals surface area contributed by atoms with Gasteiger partial charge in [-0.1, -0.05) is 69.3 Å². The van der Waals surface area contributed by atoms with Gasteiger partial charge in [-0.3, -0.25) is 14.2 Å². The highest BCUT2D eigenvalue weighted by Gasteiger charge is 2.20. The summed E-state index contributed by atoms with van der Waals surface area (Å²) in [6.45, 7) is 6.53. The summed E-state index contributed by atoms with van der Waals surface area (Å²) in [5.74, 6) is -0.158. The number of nitrogens with zero attached hydrogens (tertiary/aromatic N) is 4. The van der Waals surface area contributed by atoms with Gasteiger partial charge in [0.05, 0.1) is 12.9 Å². The zero-order valence-corrected chi connectivity index (χ0v) is 19.7. The minimum absolute atomic E-state index is 0.245. The van der Waals surface area contributed by atoms with Crippen molar-refractivity contribution < 1.29 is 4.79 Å². The SMILES string of the molecule is CCc1ccccc1NC(=O)Cn1c(=O)c2c(ncn2CC(C)C)n(Cc2ccccc2)c1=O. The highest BCUT2D eigenvalue weighted by molar-refractivity contribution is 5.91. The Labute approximate surface area is 197 Å². The summed E-state index contributed by atoms with van der Waals surface area (Å²) < 4.78 is 4.24. The number of anilines is 1. The number of hydrogen-bond donors (Lipinski definition) is 1. The van der Waals surface area contributed by atoms with Gasteiger partial charge >= 0.3 is 5.69 Å². The zero-order chi connectivity index (χ0) is 24.2. The third kappa shape index (κ3) is 4.71. The van der Waals surface area contributed by atoms with E-state index < -0.39 is 17.2 Å². The number of nitrogens with one attached hydrogen (secondary N) is 1. The number of imidazole rings is 1. The van der Waals surface area contributed by atoms with E-state index in [2.05, 4.69) is 10.3 Å². The summed E-state index contributed by atoms with van der Waals surface area (Å²) in [5.41, 5.74) is 2.14. The fourth-order valence-corrected chi connectivity index (χ4v) is 4.10. The van der Waals surface area contributed by atoms with Gasteiger partial charge in [0.1, 0.15) is 6.54 Å². The molecule has 0 radical (unpaired) electrons. The van der Waals surface area contributed by atoms with Crippen molar-refractivity contribution in [1.29, 1.82) is 0 Å². The van der Waals surface area contributed by atoms with Crippen LogP contribution in [0.5, 0.6) is 0 Å². The minimum atomic E-state index is -0.560. The Morgan fingerprint density at radius 2 is 1.71 bits per heavy atom. The van der Waals surface area contributed by atoms with Crippen molar-refractivity contribution in [2.75, 3.05) is 5.32 Å². The summed E-state index contributed by atoms with van der Waals surface area (Å²) in [4.78, 5) is 44.2. The van der Waals surface area contributed by atoms with Crippen molar-refractivity contribution in [2.24, 2.45) is 5.92 Å². The van der Waals surface area contributed by atoms with Crippen LogP contribution >= 0.6 is 0 Å². The molecule has 4 rings (SSSR count). The van der Waals surface area contributed by atoms with Crippen LogP contribution in [0.1, 0.15) is 31.9 Å². The van der Waals surface area contributed by atoms with Gasteiger partial charge in [0.15, 0.2) is 11.2 Å². The van der Waals surface area contributed by atoms with E-state index in [4.69, 9.17) is 0 Å². The van der Waals surface area contributed by atoms with Crippen LogP contribution in [0.15, 0.2) is 70.5 Å². The van der Waals surface area contributed by atoms with Gasteiger partial charge in [-0.25, -0.2) is 14.3 Å². The monoisotopic (exact) mass is 459 g/mol. The normalized spacial score (nSPS) is 11.3. The number of carbonyl (C=O) groups excluding carboxylic acids is 1.